The summed E-state index contributed by atoms with van der Waals surface area (Å²) in [6.07, 6.45) is 0. The molecule has 1 amide bonds. The maximum absolute atomic E-state index is 13.3. The van der Waals surface area contributed by atoms with E-state index in [1.165, 1.54) is 12.1 Å². The number of aromatic nitrogens is 1. The van der Waals surface area contributed by atoms with E-state index in [0.717, 1.165) is 16.9 Å². The summed E-state index contributed by atoms with van der Waals surface area (Å²) in [5.74, 6) is 0.439. The molecule has 1 aromatic heterocycles. The van der Waals surface area contributed by atoms with Crippen molar-refractivity contribution in [3.63, 3.8) is 0 Å². The molecule has 3 aromatic rings. The molecule has 2 aromatic carbocycles. The Balaban J connectivity index is 1.74. The second-order valence-electron chi connectivity index (χ2n) is 6.02. The molecule has 1 unspecified atom stereocenters. The molecular weight excluding hydrogens is 349 g/mol. The van der Waals surface area contributed by atoms with Crippen LogP contribution >= 0.6 is 0 Å². The predicted molar refractivity (Wildman–Crippen MR) is 99.1 cm³/mol. The Labute approximate surface area is 156 Å². The summed E-state index contributed by atoms with van der Waals surface area (Å²) in [6.45, 7) is 1.81. The molecule has 140 valence electrons. The lowest BCUT2D eigenvalue weighted by Gasteiger charge is -2.20. The van der Waals surface area contributed by atoms with E-state index in [1.54, 1.807) is 32.2 Å². The van der Waals surface area contributed by atoms with E-state index in [0.29, 0.717) is 11.6 Å². The molecule has 0 radical (unpaired) electrons. The molecule has 0 aliphatic carbocycles. The van der Waals surface area contributed by atoms with Gasteiger partial charge in [0, 0.05) is 6.07 Å². The van der Waals surface area contributed by atoms with Crippen LogP contribution in [0, 0.1) is 12.7 Å². The molecule has 0 aliphatic heterocycles. The van der Waals surface area contributed by atoms with Crippen LogP contribution in [0.1, 0.15) is 22.9 Å². The van der Waals surface area contributed by atoms with Gasteiger partial charge in [0.05, 0.1) is 25.4 Å². The molecule has 6 nitrogen and oxygen atoms in total. The third-order valence-electron chi connectivity index (χ3n) is 4.01. The Morgan fingerprint density at radius 3 is 2.33 bits per heavy atom. The Morgan fingerprint density at radius 2 is 1.78 bits per heavy atom. The maximum atomic E-state index is 13.3. The van der Waals surface area contributed by atoms with Crippen molar-refractivity contribution in [3.05, 3.63) is 77.2 Å². The van der Waals surface area contributed by atoms with Crippen molar-refractivity contribution in [2.45, 2.75) is 13.0 Å². The van der Waals surface area contributed by atoms with Crippen molar-refractivity contribution < 1.29 is 18.4 Å². The minimum absolute atomic E-state index is 0.0355. The summed E-state index contributed by atoms with van der Waals surface area (Å²) in [5.41, 5.74) is 2.44. The lowest BCUT2D eigenvalue weighted by Crippen LogP contribution is -2.31. The zero-order valence-electron chi connectivity index (χ0n) is 15.0. The van der Waals surface area contributed by atoms with Crippen molar-refractivity contribution in [1.29, 1.82) is 0 Å². The van der Waals surface area contributed by atoms with Crippen molar-refractivity contribution in [2.75, 3.05) is 19.0 Å². The average Bonchev–Trinajstić information content (AvgIpc) is 3.08. The average molecular weight is 369 g/mol. The van der Waals surface area contributed by atoms with Crippen molar-refractivity contribution in [2.24, 2.45) is 0 Å². The first-order valence-corrected chi connectivity index (χ1v) is 8.41. The van der Waals surface area contributed by atoms with Crippen LogP contribution in [0.15, 0.2) is 59.1 Å². The fourth-order valence-corrected chi connectivity index (χ4v) is 2.68. The minimum Gasteiger partial charge on any atom is -0.497 e. The van der Waals surface area contributed by atoms with Gasteiger partial charge in [0.2, 0.25) is 11.8 Å². The number of carbonyl (C=O) groups excluding carboxylic acids is 1. The Hall–Kier alpha value is -3.19. The first-order valence-electron chi connectivity index (χ1n) is 8.41. The van der Waals surface area contributed by atoms with E-state index in [4.69, 9.17) is 9.26 Å². The summed E-state index contributed by atoms with van der Waals surface area (Å²) in [6, 6.07) is 15.0. The highest BCUT2D eigenvalue weighted by atomic mass is 19.1. The molecule has 0 saturated heterocycles. The zero-order valence-corrected chi connectivity index (χ0v) is 15.0. The number of benzene rings is 2. The first kappa shape index (κ1) is 18.6. The highest BCUT2D eigenvalue weighted by Gasteiger charge is 2.16. The van der Waals surface area contributed by atoms with Gasteiger partial charge in [-0.25, -0.2) is 4.39 Å². The fraction of sp³-hybridized carbons (Fsp3) is 0.200. The van der Waals surface area contributed by atoms with E-state index in [1.807, 2.05) is 24.3 Å². The second-order valence-corrected chi connectivity index (χ2v) is 6.02. The number of hydrogen-bond donors (Lipinski definition) is 2. The van der Waals surface area contributed by atoms with Crippen LogP contribution in [-0.4, -0.2) is 24.7 Å². The number of aryl methyl sites for hydroxylation is 1. The summed E-state index contributed by atoms with van der Waals surface area (Å²) >= 11 is 0. The smallest absolute Gasteiger partial charge is 0.240 e. The Bertz CT molecular complexity index is 892. The van der Waals surface area contributed by atoms with Gasteiger partial charge < -0.3 is 9.26 Å². The summed E-state index contributed by atoms with van der Waals surface area (Å²) in [4.78, 5) is 12.2. The number of ether oxygens (including phenoxy) is 1. The van der Waals surface area contributed by atoms with E-state index >= 15 is 0 Å². The van der Waals surface area contributed by atoms with Gasteiger partial charge in [-0.1, -0.05) is 29.4 Å². The molecular formula is C20H20FN3O3. The molecule has 7 heteroatoms. The van der Waals surface area contributed by atoms with Gasteiger partial charge in [-0.3, -0.25) is 15.4 Å². The number of methoxy groups -OCH3 is 1. The van der Waals surface area contributed by atoms with Gasteiger partial charge in [-0.2, -0.15) is 0 Å². The molecule has 0 saturated carbocycles. The van der Waals surface area contributed by atoms with Crippen LogP contribution in [0.25, 0.3) is 0 Å². The predicted octanol–water partition coefficient (Wildman–Crippen LogP) is 3.45. The van der Waals surface area contributed by atoms with Gasteiger partial charge >= 0.3 is 0 Å². The number of halogens is 1. The quantitative estimate of drug-likeness (QED) is 0.667. The van der Waals surface area contributed by atoms with Gasteiger partial charge in [0.15, 0.2) is 0 Å². The summed E-state index contributed by atoms with van der Waals surface area (Å²) < 4.78 is 23.5. The number of amides is 1. The third-order valence-corrected chi connectivity index (χ3v) is 4.01. The van der Waals surface area contributed by atoms with Gasteiger partial charge in [0.1, 0.15) is 11.6 Å². The lowest BCUT2D eigenvalue weighted by molar-refractivity contribution is -0.115. The number of rotatable bonds is 7. The van der Waals surface area contributed by atoms with Crippen LogP contribution < -0.4 is 15.4 Å². The Kier molecular flexibility index (Phi) is 5.83. The molecule has 3 rings (SSSR count). The SMILES string of the molecule is COc1ccc(C(NCC(=O)Nc2cc(C)no2)c2ccc(F)cc2)cc1. The maximum Gasteiger partial charge on any atom is 0.240 e. The number of carbonyl (C=O) groups is 1. The molecule has 27 heavy (non-hydrogen) atoms. The molecule has 0 fully saturated rings. The van der Waals surface area contributed by atoms with Gasteiger partial charge in [0.25, 0.3) is 0 Å². The monoisotopic (exact) mass is 369 g/mol. The van der Waals surface area contributed by atoms with E-state index in [-0.39, 0.29) is 24.3 Å². The molecule has 0 bridgehead atoms. The van der Waals surface area contributed by atoms with E-state index in [9.17, 15) is 9.18 Å². The van der Waals surface area contributed by atoms with Gasteiger partial charge in [-0.05, 0) is 42.3 Å². The molecule has 2 N–H and O–H groups in total. The topological polar surface area (TPSA) is 76.4 Å². The van der Waals surface area contributed by atoms with Crippen LogP contribution in [-0.2, 0) is 4.79 Å². The summed E-state index contributed by atoms with van der Waals surface area (Å²) in [7, 11) is 1.60. The zero-order chi connectivity index (χ0) is 19.2. The number of nitrogens with zero attached hydrogens (tertiary/aromatic N) is 1. The highest BCUT2D eigenvalue weighted by molar-refractivity contribution is 5.91. The molecule has 1 atom stereocenters. The first-order chi connectivity index (χ1) is 13.0. The normalized spacial score (nSPS) is 11.8. The van der Waals surface area contributed by atoms with Crippen molar-refractivity contribution in [1.82, 2.24) is 10.5 Å². The minimum atomic E-state index is -0.314. The van der Waals surface area contributed by atoms with Gasteiger partial charge in [-0.15, -0.1) is 0 Å². The highest BCUT2D eigenvalue weighted by Crippen LogP contribution is 2.24. The van der Waals surface area contributed by atoms with E-state index in [2.05, 4.69) is 15.8 Å². The Morgan fingerprint density at radius 1 is 1.15 bits per heavy atom. The summed E-state index contributed by atoms with van der Waals surface area (Å²) in [5, 5.41) is 9.56. The number of hydrogen-bond acceptors (Lipinski definition) is 5. The second kappa shape index (κ2) is 8.46. The van der Waals surface area contributed by atoms with E-state index < -0.39 is 0 Å². The molecule has 1 heterocycles. The standard InChI is InChI=1S/C20H20FN3O3/c1-13-11-19(27-24-13)23-18(25)12-22-20(14-3-7-16(21)8-4-14)15-5-9-17(26-2)10-6-15/h3-11,20,22H,12H2,1-2H3,(H,23,25). The molecule has 0 spiro atoms. The van der Waals surface area contributed by atoms with Crippen LogP contribution in [0.2, 0.25) is 0 Å². The number of nitrogens with one attached hydrogen (secondary N) is 2. The van der Waals surface area contributed by atoms with Crippen molar-refractivity contribution in [3.8, 4) is 5.75 Å². The van der Waals surface area contributed by atoms with Crippen molar-refractivity contribution >= 4 is 11.8 Å². The largest absolute Gasteiger partial charge is 0.497 e. The van der Waals surface area contributed by atoms with Crippen LogP contribution in [0.4, 0.5) is 10.3 Å². The third kappa shape index (κ3) is 4.92. The lowest BCUT2D eigenvalue weighted by atomic mass is 9.98. The fourth-order valence-electron chi connectivity index (χ4n) is 2.68. The number of anilines is 1. The van der Waals surface area contributed by atoms with Crippen LogP contribution in [0.3, 0.4) is 0 Å². The molecule has 0 aliphatic rings. The van der Waals surface area contributed by atoms with Crippen LogP contribution in [0.5, 0.6) is 5.75 Å².